The Bertz CT molecular complexity index is 391. The first-order valence-electron chi connectivity index (χ1n) is 5.94. The van der Waals surface area contributed by atoms with Crippen LogP contribution in [-0.4, -0.2) is 20.3 Å². The second-order valence-corrected chi connectivity index (χ2v) is 5.20. The van der Waals surface area contributed by atoms with E-state index in [-0.39, 0.29) is 0 Å². The molecule has 2 N–H and O–H groups in total. The lowest BCUT2D eigenvalue weighted by Gasteiger charge is -2.16. The number of nitrogens with two attached hydrogens (primary N) is 1. The van der Waals surface area contributed by atoms with Crippen molar-refractivity contribution in [3.63, 3.8) is 0 Å². The lowest BCUT2D eigenvalue weighted by atomic mass is 10.1. The average Bonchev–Trinajstić information content (AvgIpc) is 3.14. The van der Waals surface area contributed by atoms with Gasteiger partial charge in [-0.3, -0.25) is 0 Å². The fraction of sp³-hybridized carbons (Fsp3) is 0.538. The number of ether oxygens (including phenoxy) is 2. The molecule has 0 amide bonds. The van der Waals surface area contributed by atoms with Gasteiger partial charge in [0.25, 0.3) is 0 Å². The highest BCUT2D eigenvalue weighted by Gasteiger charge is 2.23. The van der Waals surface area contributed by atoms with Gasteiger partial charge in [0.1, 0.15) is 0 Å². The summed E-state index contributed by atoms with van der Waals surface area (Å²) in [6.07, 6.45) is 3.35. The van der Waals surface area contributed by atoms with E-state index in [4.69, 9.17) is 15.2 Å². The summed E-state index contributed by atoms with van der Waals surface area (Å²) in [5.41, 5.74) is 6.75. The van der Waals surface area contributed by atoms with E-state index in [2.05, 4.69) is 15.9 Å². The summed E-state index contributed by atoms with van der Waals surface area (Å²) in [5.74, 6) is 2.36. The van der Waals surface area contributed by atoms with Crippen LogP contribution in [0.3, 0.4) is 0 Å². The first kappa shape index (κ1) is 12.7. The van der Waals surface area contributed by atoms with Crippen molar-refractivity contribution in [2.75, 3.05) is 20.3 Å². The first-order valence-corrected chi connectivity index (χ1v) is 6.73. The molecule has 0 saturated heterocycles. The summed E-state index contributed by atoms with van der Waals surface area (Å²) in [6.45, 7) is 1.38. The Hall–Kier alpha value is -0.740. The molecule has 1 fully saturated rings. The van der Waals surface area contributed by atoms with Crippen molar-refractivity contribution in [2.45, 2.75) is 19.3 Å². The van der Waals surface area contributed by atoms with Crippen LogP contribution in [0.25, 0.3) is 0 Å². The molecular formula is C13H18BrNO2. The van der Waals surface area contributed by atoms with Gasteiger partial charge in [-0.05, 0) is 43.9 Å². The molecule has 1 aliphatic rings. The largest absolute Gasteiger partial charge is 0.493 e. The summed E-state index contributed by atoms with van der Waals surface area (Å²) >= 11 is 3.54. The topological polar surface area (TPSA) is 44.5 Å². The first-order chi connectivity index (χ1) is 8.26. The Morgan fingerprint density at radius 3 is 2.76 bits per heavy atom. The highest BCUT2D eigenvalue weighted by atomic mass is 79.9. The van der Waals surface area contributed by atoms with Crippen LogP contribution in [0, 0.1) is 5.92 Å². The molecule has 0 aliphatic heterocycles. The number of methoxy groups -OCH3 is 1. The maximum Gasteiger partial charge on any atom is 0.165 e. The smallest absolute Gasteiger partial charge is 0.165 e. The number of hydrogen-bond acceptors (Lipinski definition) is 3. The van der Waals surface area contributed by atoms with E-state index in [1.807, 2.05) is 12.1 Å². The van der Waals surface area contributed by atoms with E-state index in [0.717, 1.165) is 40.5 Å². The summed E-state index contributed by atoms with van der Waals surface area (Å²) in [6, 6.07) is 3.90. The van der Waals surface area contributed by atoms with Crippen molar-refractivity contribution in [1.82, 2.24) is 0 Å². The van der Waals surface area contributed by atoms with Crippen LogP contribution in [0.1, 0.15) is 18.4 Å². The molecule has 17 heavy (non-hydrogen) atoms. The summed E-state index contributed by atoms with van der Waals surface area (Å²) < 4.78 is 12.3. The van der Waals surface area contributed by atoms with Gasteiger partial charge in [0, 0.05) is 10.0 Å². The monoisotopic (exact) mass is 299 g/mol. The van der Waals surface area contributed by atoms with Gasteiger partial charge >= 0.3 is 0 Å². The maximum atomic E-state index is 5.91. The Morgan fingerprint density at radius 1 is 1.41 bits per heavy atom. The molecule has 0 unspecified atom stereocenters. The molecule has 1 aliphatic carbocycles. The third kappa shape index (κ3) is 3.13. The quantitative estimate of drug-likeness (QED) is 0.878. The highest BCUT2D eigenvalue weighted by molar-refractivity contribution is 9.10. The molecule has 0 radical (unpaired) electrons. The minimum absolute atomic E-state index is 0.603. The zero-order valence-electron chi connectivity index (χ0n) is 10.0. The van der Waals surface area contributed by atoms with Crippen LogP contribution in [-0.2, 0) is 6.42 Å². The fourth-order valence-electron chi connectivity index (χ4n) is 1.76. The number of rotatable bonds is 6. The summed E-state index contributed by atoms with van der Waals surface area (Å²) in [4.78, 5) is 0. The van der Waals surface area contributed by atoms with Gasteiger partial charge in [-0.1, -0.05) is 15.9 Å². The van der Waals surface area contributed by atoms with Crippen LogP contribution >= 0.6 is 15.9 Å². The predicted octanol–water partition coefficient (Wildman–Crippen LogP) is 2.75. The van der Waals surface area contributed by atoms with E-state index >= 15 is 0 Å². The van der Waals surface area contributed by atoms with E-state index < -0.39 is 0 Å². The molecule has 1 aromatic rings. The van der Waals surface area contributed by atoms with Crippen molar-refractivity contribution in [3.05, 3.63) is 22.2 Å². The van der Waals surface area contributed by atoms with Crippen LogP contribution in [0.2, 0.25) is 0 Å². The third-order valence-corrected chi connectivity index (χ3v) is 3.68. The molecular weight excluding hydrogens is 282 g/mol. The standard InChI is InChI=1S/C13H18BrNO2/c1-16-12-5-4-11(14)10(6-7-15)13(12)17-8-9-2-3-9/h4-5,9H,2-3,6-8,15H2,1H3. The zero-order valence-corrected chi connectivity index (χ0v) is 11.6. The fourth-order valence-corrected chi connectivity index (χ4v) is 2.27. The highest BCUT2D eigenvalue weighted by Crippen LogP contribution is 2.38. The summed E-state index contributed by atoms with van der Waals surface area (Å²) in [5, 5.41) is 0. The van der Waals surface area contributed by atoms with E-state index in [0.29, 0.717) is 6.54 Å². The molecule has 0 heterocycles. The second kappa shape index (κ2) is 5.74. The number of hydrogen-bond donors (Lipinski definition) is 1. The molecule has 94 valence electrons. The Kier molecular flexibility index (Phi) is 4.29. The van der Waals surface area contributed by atoms with Gasteiger partial charge in [0.05, 0.1) is 13.7 Å². The number of halogens is 1. The second-order valence-electron chi connectivity index (χ2n) is 4.35. The van der Waals surface area contributed by atoms with E-state index in [1.54, 1.807) is 7.11 Å². The van der Waals surface area contributed by atoms with Gasteiger partial charge in [0.2, 0.25) is 0 Å². The maximum absolute atomic E-state index is 5.91. The minimum atomic E-state index is 0.603. The molecule has 0 atom stereocenters. The molecule has 3 nitrogen and oxygen atoms in total. The number of benzene rings is 1. The molecule has 1 saturated carbocycles. The summed E-state index contributed by atoms with van der Waals surface area (Å²) in [7, 11) is 1.67. The van der Waals surface area contributed by atoms with E-state index in [9.17, 15) is 0 Å². The van der Waals surface area contributed by atoms with Crippen molar-refractivity contribution in [2.24, 2.45) is 11.7 Å². The third-order valence-electron chi connectivity index (χ3n) is 2.94. The zero-order chi connectivity index (χ0) is 12.3. The van der Waals surface area contributed by atoms with Gasteiger partial charge in [-0.25, -0.2) is 0 Å². The van der Waals surface area contributed by atoms with Gasteiger partial charge in [0.15, 0.2) is 11.5 Å². The molecule has 0 aromatic heterocycles. The minimum Gasteiger partial charge on any atom is -0.493 e. The van der Waals surface area contributed by atoms with Crippen molar-refractivity contribution in [3.8, 4) is 11.5 Å². The van der Waals surface area contributed by atoms with Crippen LogP contribution in [0.15, 0.2) is 16.6 Å². The Labute approximate surface area is 110 Å². The van der Waals surface area contributed by atoms with Crippen molar-refractivity contribution < 1.29 is 9.47 Å². The SMILES string of the molecule is COc1ccc(Br)c(CCN)c1OCC1CC1. The molecule has 1 aromatic carbocycles. The van der Waals surface area contributed by atoms with Gasteiger partial charge < -0.3 is 15.2 Å². The Morgan fingerprint density at radius 2 is 2.18 bits per heavy atom. The normalized spacial score (nSPS) is 14.8. The Balaban J connectivity index is 2.24. The van der Waals surface area contributed by atoms with Crippen molar-refractivity contribution in [1.29, 1.82) is 0 Å². The lowest BCUT2D eigenvalue weighted by Crippen LogP contribution is -2.08. The molecule has 4 heteroatoms. The predicted molar refractivity (Wildman–Crippen MR) is 71.7 cm³/mol. The van der Waals surface area contributed by atoms with Crippen molar-refractivity contribution >= 4 is 15.9 Å². The average molecular weight is 300 g/mol. The molecule has 2 rings (SSSR count). The van der Waals surface area contributed by atoms with Crippen LogP contribution in [0.5, 0.6) is 11.5 Å². The van der Waals surface area contributed by atoms with Crippen LogP contribution in [0.4, 0.5) is 0 Å². The lowest BCUT2D eigenvalue weighted by molar-refractivity contribution is 0.277. The van der Waals surface area contributed by atoms with Gasteiger partial charge in [-0.2, -0.15) is 0 Å². The van der Waals surface area contributed by atoms with Gasteiger partial charge in [-0.15, -0.1) is 0 Å². The molecule has 0 spiro atoms. The van der Waals surface area contributed by atoms with Crippen LogP contribution < -0.4 is 15.2 Å². The van der Waals surface area contributed by atoms with E-state index in [1.165, 1.54) is 12.8 Å². The molecule has 0 bridgehead atoms.